The van der Waals surface area contributed by atoms with Gasteiger partial charge in [-0.2, -0.15) is 0 Å². The first-order chi connectivity index (χ1) is 14.5. The molecule has 1 aliphatic heterocycles. The Hall–Kier alpha value is -2.29. The molecule has 1 fully saturated rings. The van der Waals surface area contributed by atoms with Gasteiger partial charge in [0, 0.05) is 39.3 Å². The lowest BCUT2D eigenvalue weighted by molar-refractivity contribution is 0.0627. The van der Waals surface area contributed by atoms with Gasteiger partial charge in [0.2, 0.25) is 5.89 Å². The molecule has 1 aromatic carbocycles. The number of aliphatic hydroxyl groups excluding tert-OH is 1. The fourth-order valence-electron chi connectivity index (χ4n) is 3.51. The molecule has 7 nitrogen and oxygen atoms in total. The number of β-amino-alcohol motifs (C(OH)–C–C–N with tert-alkyl or cyclic N) is 1. The summed E-state index contributed by atoms with van der Waals surface area (Å²) >= 11 is 0. The number of unbranched alkanes of at least 4 members (excludes halogenated alkanes) is 1. The van der Waals surface area contributed by atoms with Crippen LogP contribution in [0.3, 0.4) is 0 Å². The third-order valence-electron chi connectivity index (χ3n) is 5.33. The number of aromatic nitrogens is 1. The Kier molecular flexibility index (Phi) is 8.36. The van der Waals surface area contributed by atoms with E-state index >= 15 is 0 Å². The van der Waals surface area contributed by atoms with Gasteiger partial charge in [-0.15, -0.1) is 0 Å². The van der Waals surface area contributed by atoms with Crippen LogP contribution in [0.25, 0.3) is 0 Å². The van der Waals surface area contributed by atoms with Gasteiger partial charge in [0.15, 0.2) is 5.69 Å². The second-order valence-corrected chi connectivity index (χ2v) is 7.81. The van der Waals surface area contributed by atoms with Crippen molar-refractivity contribution in [2.45, 2.75) is 45.4 Å². The van der Waals surface area contributed by atoms with E-state index < -0.39 is 0 Å². The van der Waals surface area contributed by atoms with E-state index in [0.717, 1.165) is 57.5 Å². The third-order valence-corrected chi connectivity index (χ3v) is 5.33. The summed E-state index contributed by atoms with van der Waals surface area (Å²) in [6.07, 6.45) is 4.15. The van der Waals surface area contributed by atoms with Crippen molar-refractivity contribution in [2.24, 2.45) is 0 Å². The van der Waals surface area contributed by atoms with Gasteiger partial charge in [-0.3, -0.25) is 14.6 Å². The van der Waals surface area contributed by atoms with Gasteiger partial charge in [-0.25, -0.2) is 9.37 Å². The highest BCUT2D eigenvalue weighted by atomic mass is 19.1. The van der Waals surface area contributed by atoms with Crippen LogP contribution >= 0.6 is 0 Å². The van der Waals surface area contributed by atoms with Crippen LogP contribution in [-0.2, 0) is 13.1 Å². The van der Waals surface area contributed by atoms with Gasteiger partial charge in [0.05, 0.1) is 12.6 Å². The summed E-state index contributed by atoms with van der Waals surface area (Å²) in [6, 6.07) is 5.99. The minimum absolute atomic E-state index is 0.241. The lowest BCUT2D eigenvalue weighted by atomic mass is 10.1. The van der Waals surface area contributed by atoms with Crippen LogP contribution in [0.1, 0.15) is 48.1 Å². The zero-order valence-corrected chi connectivity index (χ0v) is 17.5. The van der Waals surface area contributed by atoms with E-state index in [4.69, 9.17) is 4.42 Å². The van der Waals surface area contributed by atoms with Crippen LogP contribution in [0.2, 0.25) is 0 Å². The first-order valence-corrected chi connectivity index (χ1v) is 10.6. The average Bonchev–Trinajstić information content (AvgIpc) is 3.21. The Labute approximate surface area is 176 Å². The number of piperazine rings is 1. The second-order valence-electron chi connectivity index (χ2n) is 7.81. The number of amides is 1. The number of benzene rings is 1. The Morgan fingerprint density at radius 3 is 2.63 bits per heavy atom. The Bertz CT molecular complexity index is 788. The molecule has 1 saturated heterocycles. The van der Waals surface area contributed by atoms with E-state index in [1.807, 2.05) is 0 Å². The summed E-state index contributed by atoms with van der Waals surface area (Å²) in [6.45, 7) is 7.25. The van der Waals surface area contributed by atoms with Crippen LogP contribution in [-0.4, -0.2) is 64.6 Å². The van der Waals surface area contributed by atoms with Gasteiger partial charge in [-0.1, -0.05) is 31.9 Å². The number of rotatable bonds is 10. The largest absolute Gasteiger partial charge is 0.447 e. The maximum Gasteiger partial charge on any atom is 0.273 e. The molecule has 0 spiro atoms. The molecule has 1 aromatic heterocycles. The van der Waals surface area contributed by atoms with Crippen LogP contribution in [0, 0.1) is 5.82 Å². The number of carbonyl (C=O) groups is 1. The fraction of sp³-hybridized carbons (Fsp3) is 0.545. The zero-order chi connectivity index (χ0) is 21.3. The Morgan fingerprint density at radius 1 is 1.23 bits per heavy atom. The van der Waals surface area contributed by atoms with Crippen LogP contribution < -0.4 is 5.32 Å². The number of halogens is 1. The van der Waals surface area contributed by atoms with Gasteiger partial charge < -0.3 is 14.8 Å². The molecule has 1 aliphatic rings. The number of hydrogen-bond donors (Lipinski definition) is 2. The molecule has 0 bridgehead atoms. The molecule has 2 N–H and O–H groups in total. The average molecular weight is 419 g/mol. The first kappa shape index (κ1) is 22.4. The number of aliphatic hydroxyl groups is 1. The molecule has 0 aliphatic carbocycles. The molecule has 8 heteroatoms. The summed E-state index contributed by atoms with van der Waals surface area (Å²) < 4.78 is 18.4. The first-order valence-electron chi connectivity index (χ1n) is 10.6. The van der Waals surface area contributed by atoms with Crippen molar-refractivity contribution in [3.05, 3.63) is 53.5 Å². The molecule has 2 aromatic rings. The molecule has 2 heterocycles. The van der Waals surface area contributed by atoms with E-state index in [1.54, 1.807) is 12.1 Å². The summed E-state index contributed by atoms with van der Waals surface area (Å²) in [5.41, 5.74) is 1.05. The monoisotopic (exact) mass is 418 g/mol. The topological polar surface area (TPSA) is 81.8 Å². The van der Waals surface area contributed by atoms with Crippen molar-refractivity contribution in [3.8, 4) is 0 Å². The fourth-order valence-corrected chi connectivity index (χ4v) is 3.51. The van der Waals surface area contributed by atoms with Crippen molar-refractivity contribution in [3.63, 3.8) is 0 Å². The highest BCUT2D eigenvalue weighted by Crippen LogP contribution is 2.11. The molecule has 0 unspecified atom stereocenters. The zero-order valence-electron chi connectivity index (χ0n) is 17.5. The SMILES string of the molecule is CCCC[C@H](O)CN1CCN(Cc2nc(C(=O)NCc3ccc(F)cc3)co2)CC1. The molecule has 0 saturated carbocycles. The van der Waals surface area contributed by atoms with Gasteiger partial charge in [-0.05, 0) is 24.1 Å². The van der Waals surface area contributed by atoms with Crippen LogP contribution in [0.4, 0.5) is 4.39 Å². The second kappa shape index (κ2) is 11.2. The van der Waals surface area contributed by atoms with Crippen molar-refractivity contribution in [2.75, 3.05) is 32.7 Å². The summed E-state index contributed by atoms with van der Waals surface area (Å²) in [5.74, 6) is -0.113. The number of nitrogens with one attached hydrogen (secondary N) is 1. The normalized spacial score (nSPS) is 16.5. The van der Waals surface area contributed by atoms with E-state index in [1.165, 1.54) is 18.4 Å². The van der Waals surface area contributed by atoms with E-state index in [2.05, 4.69) is 27.0 Å². The number of nitrogens with zero attached hydrogens (tertiary/aromatic N) is 3. The molecule has 30 heavy (non-hydrogen) atoms. The summed E-state index contributed by atoms with van der Waals surface area (Å²) in [4.78, 5) is 21.1. The molecule has 0 radical (unpaired) electrons. The van der Waals surface area contributed by atoms with E-state index in [0.29, 0.717) is 19.0 Å². The standard InChI is InChI=1S/C22H31FN4O3/c1-2-3-4-19(28)14-26-9-11-27(12-10-26)15-21-25-20(16-30-21)22(29)24-13-17-5-7-18(23)8-6-17/h5-8,16,19,28H,2-4,9-15H2,1H3,(H,24,29)/t19-/m0/s1. The van der Waals surface area contributed by atoms with Gasteiger partial charge in [0.25, 0.3) is 5.91 Å². The molecule has 1 amide bonds. The lowest BCUT2D eigenvalue weighted by Crippen LogP contribution is -2.48. The van der Waals surface area contributed by atoms with E-state index in [9.17, 15) is 14.3 Å². The molecule has 1 atom stereocenters. The highest BCUT2D eigenvalue weighted by Gasteiger charge is 2.21. The number of hydrogen-bond acceptors (Lipinski definition) is 6. The quantitative estimate of drug-likeness (QED) is 0.617. The number of oxazole rings is 1. The minimum Gasteiger partial charge on any atom is -0.447 e. The molecule has 3 rings (SSSR count). The van der Waals surface area contributed by atoms with Crippen LogP contribution in [0.15, 0.2) is 34.9 Å². The predicted octanol–water partition coefficient (Wildman–Crippen LogP) is 2.41. The van der Waals surface area contributed by atoms with Crippen LogP contribution in [0.5, 0.6) is 0 Å². The highest BCUT2D eigenvalue weighted by molar-refractivity contribution is 5.91. The Balaban J connectivity index is 1.40. The number of carbonyl (C=O) groups excluding carboxylic acids is 1. The van der Waals surface area contributed by atoms with Crippen molar-refractivity contribution >= 4 is 5.91 Å². The van der Waals surface area contributed by atoms with Gasteiger partial charge >= 0.3 is 0 Å². The summed E-state index contributed by atoms with van der Waals surface area (Å²) in [7, 11) is 0. The van der Waals surface area contributed by atoms with Gasteiger partial charge in [0.1, 0.15) is 12.1 Å². The molecular weight excluding hydrogens is 387 g/mol. The maximum atomic E-state index is 12.9. The third kappa shape index (κ3) is 6.90. The van der Waals surface area contributed by atoms with Crippen molar-refractivity contribution < 1.29 is 18.7 Å². The summed E-state index contributed by atoms with van der Waals surface area (Å²) in [5, 5.41) is 12.8. The smallest absolute Gasteiger partial charge is 0.273 e. The Morgan fingerprint density at radius 2 is 1.93 bits per heavy atom. The minimum atomic E-state index is -0.319. The molecular formula is C22H31FN4O3. The van der Waals surface area contributed by atoms with E-state index in [-0.39, 0.29) is 23.5 Å². The van der Waals surface area contributed by atoms with Crippen molar-refractivity contribution in [1.29, 1.82) is 0 Å². The lowest BCUT2D eigenvalue weighted by Gasteiger charge is -2.35. The predicted molar refractivity (Wildman–Crippen MR) is 111 cm³/mol. The van der Waals surface area contributed by atoms with Crippen molar-refractivity contribution in [1.82, 2.24) is 20.1 Å². The molecule has 164 valence electrons. The maximum absolute atomic E-state index is 12.9.